The Morgan fingerprint density at radius 2 is 1.63 bits per heavy atom. The first-order valence-corrected chi connectivity index (χ1v) is 10.0. The first-order chi connectivity index (χ1) is 16.7. The van der Waals surface area contributed by atoms with E-state index in [1.54, 1.807) is 0 Å². The van der Waals surface area contributed by atoms with Crippen molar-refractivity contribution in [3.8, 4) is 34.3 Å². The molecule has 4 rings (SSSR count). The Morgan fingerprint density at radius 1 is 1.00 bits per heavy atom. The van der Waals surface area contributed by atoms with E-state index < -0.39 is 17.8 Å². The highest BCUT2D eigenvalue weighted by atomic mass is 19.4. The molecule has 0 spiro atoms. The van der Waals surface area contributed by atoms with Gasteiger partial charge in [0, 0.05) is 11.3 Å². The molecule has 0 bridgehead atoms. The highest BCUT2D eigenvalue weighted by Crippen LogP contribution is 2.42. The summed E-state index contributed by atoms with van der Waals surface area (Å²) in [6, 6.07) is 9.31. The molecule has 0 saturated heterocycles. The molecule has 2 heterocycles. The number of amides is 1. The van der Waals surface area contributed by atoms with Crippen LogP contribution in [0.2, 0.25) is 0 Å². The standard InChI is InChI=1S/C23H19F3N4O5/c1-33-17-8-12(9-18(34-2)20(17)35-3)16-10-19(23(24,25)26)30-21(29-16)15(11-27-30)22(32)28-13-4-6-14(31)7-5-13/h4-11,31H,1-3H3,(H,28,32). The number of aromatic hydroxyl groups is 1. The molecule has 0 radical (unpaired) electrons. The van der Waals surface area contributed by atoms with Gasteiger partial charge < -0.3 is 24.6 Å². The molecule has 2 aromatic heterocycles. The Kier molecular flexibility index (Phi) is 6.12. The van der Waals surface area contributed by atoms with Crippen LogP contribution in [0.25, 0.3) is 16.9 Å². The highest BCUT2D eigenvalue weighted by molar-refractivity contribution is 6.08. The third-order valence-corrected chi connectivity index (χ3v) is 5.09. The molecule has 0 fully saturated rings. The predicted octanol–water partition coefficient (Wildman–Crippen LogP) is 4.40. The van der Waals surface area contributed by atoms with Gasteiger partial charge in [-0.05, 0) is 42.5 Å². The Morgan fingerprint density at radius 3 is 2.17 bits per heavy atom. The van der Waals surface area contributed by atoms with E-state index in [0.717, 1.165) is 12.3 Å². The summed E-state index contributed by atoms with van der Waals surface area (Å²) in [5, 5.41) is 15.7. The third-order valence-electron chi connectivity index (χ3n) is 5.09. The lowest BCUT2D eigenvalue weighted by Gasteiger charge is -2.15. The second-order valence-electron chi connectivity index (χ2n) is 7.23. The van der Waals surface area contributed by atoms with Crippen molar-refractivity contribution in [3.63, 3.8) is 0 Å². The third kappa shape index (κ3) is 4.50. The largest absolute Gasteiger partial charge is 0.508 e. The lowest BCUT2D eigenvalue weighted by atomic mass is 10.1. The Bertz CT molecular complexity index is 1380. The van der Waals surface area contributed by atoms with Gasteiger partial charge in [0.15, 0.2) is 22.8 Å². The van der Waals surface area contributed by atoms with E-state index in [1.807, 2.05) is 0 Å². The molecule has 0 aliphatic carbocycles. The molecule has 12 heteroatoms. The number of nitrogens with one attached hydrogen (secondary N) is 1. The van der Waals surface area contributed by atoms with Gasteiger partial charge in [-0.3, -0.25) is 4.79 Å². The van der Waals surface area contributed by atoms with Crippen LogP contribution in [0.3, 0.4) is 0 Å². The van der Waals surface area contributed by atoms with Gasteiger partial charge in [0.2, 0.25) is 5.75 Å². The van der Waals surface area contributed by atoms with Gasteiger partial charge in [-0.25, -0.2) is 9.50 Å². The number of fused-ring (bicyclic) bond motifs is 1. The SMILES string of the molecule is COc1cc(-c2cc(C(F)(F)F)n3ncc(C(=O)Nc4ccc(O)cc4)c3n2)cc(OC)c1OC. The van der Waals surface area contributed by atoms with E-state index in [-0.39, 0.29) is 45.5 Å². The van der Waals surface area contributed by atoms with Crippen LogP contribution >= 0.6 is 0 Å². The summed E-state index contributed by atoms with van der Waals surface area (Å²) in [5.74, 6) is -0.0419. The van der Waals surface area contributed by atoms with Crippen molar-refractivity contribution in [2.24, 2.45) is 0 Å². The average Bonchev–Trinajstić information content (AvgIpc) is 3.27. The summed E-state index contributed by atoms with van der Waals surface area (Å²) in [5.41, 5.74) is -1.15. The number of nitrogens with zero attached hydrogens (tertiary/aromatic N) is 3. The van der Waals surface area contributed by atoms with E-state index in [4.69, 9.17) is 14.2 Å². The van der Waals surface area contributed by atoms with Crippen molar-refractivity contribution in [1.29, 1.82) is 0 Å². The number of methoxy groups -OCH3 is 3. The van der Waals surface area contributed by atoms with Gasteiger partial charge in [-0.15, -0.1) is 0 Å². The number of phenols is 1. The van der Waals surface area contributed by atoms with Crippen molar-refractivity contribution < 1.29 is 37.3 Å². The molecule has 2 aromatic carbocycles. The summed E-state index contributed by atoms with van der Waals surface area (Å²) in [7, 11) is 4.15. The Labute approximate surface area is 196 Å². The van der Waals surface area contributed by atoms with Crippen LogP contribution in [0.4, 0.5) is 18.9 Å². The predicted molar refractivity (Wildman–Crippen MR) is 119 cm³/mol. The number of hydrogen-bond acceptors (Lipinski definition) is 7. The fourth-order valence-corrected chi connectivity index (χ4v) is 3.45. The highest BCUT2D eigenvalue weighted by Gasteiger charge is 2.36. The zero-order valence-electron chi connectivity index (χ0n) is 18.7. The van der Waals surface area contributed by atoms with Crippen LogP contribution in [0.1, 0.15) is 16.1 Å². The second kappa shape index (κ2) is 9.05. The number of halogens is 3. The van der Waals surface area contributed by atoms with Gasteiger partial charge >= 0.3 is 6.18 Å². The number of alkyl halides is 3. The van der Waals surface area contributed by atoms with Crippen LogP contribution in [-0.4, -0.2) is 46.9 Å². The molecule has 35 heavy (non-hydrogen) atoms. The summed E-state index contributed by atoms with van der Waals surface area (Å²) in [4.78, 5) is 17.2. The van der Waals surface area contributed by atoms with E-state index in [1.165, 1.54) is 57.7 Å². The molecule has 2 N–H and O–H groups in total. The quantitative estimate of drug-likeness (QED) is 0.388. The molecule has 0 aliphatic heterocycles. The summed E-state index contributed by atoms with van der Waals surface area (Å²) >= 11 is 0. The molecule has 0 aliphatic rings. The van der Waals surface area contributed by atoms with Crippen LogP contribution in [0.5, 0.6) is 23.0 Å². The minimum absolute atomic E-state index is 0.00884. The molecule has 0 unspecified atom stereocenters. The van der Waals surface area contributed by atoms with Crippen molar-refractivity contribution in [2.45, 2.75) is 6.18 Å². The molecule has 0 atom stereocenters. The van der Waals surface area contributed by atoms with Gasteiger partial charge in [0.25, 0.3) is 5.91 Å². The molecular formula is C23H19F3N4O5. The minimum atomic E-state index is -4.80. The van der Waals surface area contributed by atoms with Gasteiger partial charge in [0.1, 0.15) is 11.3 Å². The number of phenolic OH excluding ortho intramolecular Hbond substituents is 1. The lowest BCUT2D eigenvalue weighted by molar-refractivity contribution is -0.142. The fraction of sp³-hybridized carbons (Fsp3) is 0.174. The lowest BCUT2D eigenvalue weighted by Crippen LogP contribution is -2.15. The Balaban J connectivity index is 1.88. The number of aromatic nitrogens is 3. The fourth-order valence-electron chi connectivity index (χ4n) is 3.45. The van der Waals surface area contributed by atoms with Crippen molar-refractivity contribution in [2.75, 3.05) is 26.6 Å². The van der Waals surface area contributed by atoms with Crippen molar-refractivity contribution in [3.05, 3.63) is 59.9 Å². The van der Waals surface area contributed by atoms with Crippen molar-refractivity contribution in [1.82, 2.24) is 14.6 Å². The van der Waals surface area contributed by atoms with Crippen LogP contribution in [0, 0.1) is 0 Å². The van der Waals surface area contributed by atoms with Gasteiger partial charge in [0.05, 0.1) is 33.2 Å². The van der Waals surface area contributed by atoms with Crippen LogP contribution < -0.4 is 19.5 Å². The molecule has 9 nitrogen and oxygen atoms in total. The van der Waals surface area contributed by atoms with Gasteiger partial charge in [-0.1, -0.05) is 0 Å². The van der Waals surface area contributed by atoms with Gasteiger partial charge in [-0.2, -0.15) is 18.3 Å². The number of ether oxygens (including phenoxy) is 3. The first-order valence-electron chi connectivity index (χ1n) is 10.0. The number of rotatable bonds is 6. The summed E-state index contributed by atoms with van der Waals surface area (Å²) < 4.78 is 58.2. The maximum atomic E-state index is 13.9. The maximum Gasteiger partial charge on any atom is 0.433 e. The minimum Gasteiger partial charge on any atom is -0.508 e. The number of benzene rings is 2. The van der Waals surface area contributed by atoms with E-state index >= 15 is 0 Å². The maximum absolute atomic E-state index is 13.9. The van der Waals surface area contributed by atoms with Crippen molar-refractivity contribution >= 4 is 17.2 Å². The molecule has 4 aromatic rings. The van der Waals surface area contributed by atoms with Crippen LogP contribution in [-0.2, 0) is 6.18 Å². The van der Waals surface area contributed by atoms with E-state index in [0.29, 0.717) is 10.2 Å². The topological polar surface area (TPSA) is 107 Å². The monoisotopic (exact) mass is 488 g/mol. The summed E-state index contributed by atoms with van der Waals surface area (Å²) in [6.45, 7) is 0. The smallest absolute Gasteiger partial charge is 0.433 e. The zero-order valence-corrected chi connectivity index (χ0v) is 18.7. The number of anilines is 1. The molecule has 182 valence electrons. The molecule has 0 saturated carbocycles. The number of carbonyl (C=O) groups excluding carboxylic acids is 1. The molecular weight excluding hydrogens is 469 g/mol. The average molecular weight is 488 g/mol. The van der Waals surface area contributed by atoms with Crippen LogP contribution in [0.15, 0.2) is 48.7 Å². The number of hydrogen-bond donors (Lipinski definition) is 2. The molecule has 1 amide bonds. The van der Waals surface area contributed by atoms with E-state index in [9.17, 15) is 23.1 Å². The number of carbonyl (C=O) groups is 1. The first kappa shape index (κ1) is 23.7. The van der Waals surface area contributed by atoms with E-state index in [2.05, 4.69) is 15.4 Å². The normalized spacial score (nSPS) is 11.4. The zero-order chi connectivity index (χ0) is 25.3. The second-order valence-corrected chi connectivity index (χ2v) is 7.23. The summed E-state index contributed by atoms with van der Waals surface area (Å²) in [6.07, 6.45) is -3.79. The Hall–Kier alpha value is -4.48.